The molecule has 3 fully saturated rings. The standard InChI is InChI=1S/C17H26N4O/c1-2-9-20-12-14(10-18-20)15-19-17(7-3-4-8-17)16(22)21(15)11-13-5-6-13/h10,12-13,15,19H,2-9,11H2,1H3. The van der Waals surface area contributed by atoms with Gasteiger partial charge in [-0.05, 0) is 38.0 Å². The fourth-order valence-electron chi connectivity index (χ4n) is 4.03. The van der Waals surface area contributed by atoms with Crippen molar-refractivity contribution in [2.75, 3.05) is 6.54 Å². The molecule has 1 aliphatic heterocycles. The van der Waals surface area contributed by atoms with Gasteiger partial charge in [-0.3, -0.25) is 14.8 Å². The first-order valence-electron chi connectivity index (χ1n) is 8.83. The van der Waals surface area contributed by atoms with Crippen LogP contribution in [0.1, 0.15) is 63.6 Å². The second-order valence-electron chi connectivity index (χ2n) is 7.27. The van der Waals surface area contributed by atoms with Crippen molar-refractivity contribution in [3.63, 3.8) is 0 Å². The van der Waals surface area contributed by atoms with Gasteiger partial charge >= 0.3 is 0 Å². The molecule has 4 rings (SSSR count). The van der Waals surface area contributed by atoms with Crippen molar-refractivity contribution >= 4 is 5.91 Å². The van der Waals surface area contributed by atoms with Gasteiger partial charge in [0.05, 0.1) is 11.7 Å². The largest absolute Gasteiger partial charge is 0.321 e. The van der Waals surface area contributed by atoms with E-state index in [1.165, 1.54) is 12.8 Å². The minimum Gasteiger partial charge on any atom is -0.321 e. The third kappa shape index (κ3) is 2.35. The number of aromatic nitrogens is 2. The first-order valence-corrected chi connectivity index (χ1v) is 8.83. The van der Waals surface area contributed by atoms with E-state index in [4.69, 9.17) is 0 Å². The maximum Gasteiger partial charge on any atom is 0.244 e. The van der Waals surface area contributed by atoms with Gasteiger partial charge in [-0.25, -0.2) is 0 Å². The van der Waals surface area contributed by atoms with Gasteiger partial charge in [-0.2, -0.15) is 5.10 Å². The monoisotopic (exact) mass is 302 g/mol. The number of rotatable bonds is 5. The van der Waals surface area contributed by atoms with Crippen LogP contribution < -0.4 is 5.32 Å². The summed E-state index contributed by atoms with van der Waals surface area (Å²) >= 11 is 0. The summed E-state index contributed by atoms with van der Waals surface area (Å²) in [6.07, 6.45) is 12.0. The number of hydrogen-bond donors (Lipinski definition) is 1. The number of hydrogen-bond acceptors (Lipinski definition) is 3. The van der Waals surface area contributed by atoms with Crippen LogP contribution in [-0.4, -0.2) is 32.7 Å². The summed E-state index contributed by atoms with van der Waals surface area (Å²) in [6.45, 7) is 4.01. The molecule has 22 heavy (non-hydrogen) atoms. The molecule has 2 heterocycles. The Kier molecular flexibility index (Phi) is 3.48. The Balaban J connectivity index is 1.60. The van der Waals surface area contributed by atoms with Crippen LogP contribution in [0.15, 0.2) is 12.4 Å². The van der Waals surface area contributed by atoms with E-state index in [9.17, 15) is 4.79 Å². The Bertz CT molecular complexity index is 557. The third-order valence-electron chi connectivity index (χ3n) is 5.43. The third-order valence-corrected chi connectivity index (χ3v) is 5.43. The zero-order valence-electron chi connectivity index (χ0n) is 13.4. The zero-order valence-corrected chi connectivity index (χ0v) is 13.4. The number of carbonyl (C=O) groups is 1. The highest BCUT2D eigenvalue weighted by Gasteiger charge is 2.53. The van der Waals surface area contributed by atoms with Crippen molar-refractivity contribution in [3.8, 4) is 0 Å². The van der Waals surface area contributed by atoms with Crippen molar-refractivity contribution < 1.29 is 4.79 Å². The normalized spacial score (nSPS) is 27.2. The summed E-state index contributed by atoms with van der Waals surface area (Å²) in [5.74, 6) is 1.06. The van der Waals surface area contributed by atoms with Crippen LogP contribution in [0.3, 0.4) is 0 Å². The summed E-state index contributed by atoms with van der Waals surface area (Å²) in [5.41, 5.74) is 0.859. The second-order valence-corrected chi connectivity index (χ2v) is 7.27. The lowest BCUT2D eigenvalue weighted by Gasteiger charge is -2.23. The van der Waals surface area contributed by atoms with Crippen LogP contribution in [-0.2, 0) is 11.3 Å². The van der Waals surface area contributed by atoms with E-state index in [1.807, 2.05) is 10.9 Å². The van der Waals surface area contributed by atoms with Crippen molar-refractivity contribution in [3.05, 3.63) is 18.0 Å². The number of aryl methyl sites for hydroxylation is 1. The molecule has 1 aromatic heterocycles. The number of nitrogens with zero attached hydrogens (tertiary/aromatic N) is 3. The molecule has 2 saturated carbocycles. The molecule has 0 radical (unpaired) electrons. The van der Waals surface area contributed by atoms with E-state index in [0.29, 0.717) is 5.91 Å². The van der Waals surface area contributed by atoms with Crippen molar-refractivity contribution in [1.29, 1.82) is 0 Å². The Hall–Kier alpha value is -1.36. The van der Waals surface area contributed by atoms with Gasteiger partial charge in [0.1, 0.15) is 6.17 Å². The average molecular weight is 302 g/mol. The van der Waals surface area contributed by atoms with Crippen molar-refractivity contribution in [2.24, 2.45) is 5.92 Å². The fourth-order valence-corrected chi connectivity index (χ4v) is 4.03. The minimum atomic E-state index is -0.285. The predicted octanol–water partition coefficient (Wildman–Crippen LogP) is 2.45. The summed E-state index contributed by atoms with van der Waals surface area (Å²) in [6, 6.07) is 0. The molecule has 1 N–H and O–H groups in total. The highest BCUT2D eigenvalue weighted by atomic mass is 16.2. The molecule has 1 aromatic rings. The Morgan fingerprint density at radius 3 is 2.82 bits per heavy atom. The lowest BCUT2D eigenvalue weighted by molar-refractivity contribution is -0.133. The highest BCUT2D eigenvalue weighted by Crippen LogP contribution is 2.43. The first-order chi connectivity index (χ1) is 10.7. The minimum absolute atomic E-state index is 0.0248. The Morgan fingerprint density at radius 2 is 2.14 bits per heavy atom. The molecule has 5 nitrogen and oxygen atoms in total. The molecule has 3 aliphatic rings. The number of nitrogens with one attached hydrogen (secondary N) is 1. The molecular formula is C17H26N4O. The summed E-state index contributed by atoms with van der Waals surface area (Å²) < 4.78 is 2.00. The molecule has 120 valence electrons. The van der Waals surface area contributed by atoms with E-state index >= 15 is 0 Å². The van der Waals surface area contributed by atoms with E-state index in [2.05, 4.69) is 28.4 Å². The lowest BCUT2D eigenvalue weighted by Crippen LogP contribution is -2.44. The highest BCUT2D eigenvalue weighted by molar-refractivity contribution is 5.89. The summed E-state index contributed by atoms with van der Waals surface area (Å²) in [4.78, 5) is 15.2. The molecule has 5 heteroatoms. The van der Waals surface area contributed by atoms with Crippen molar-refractivity contribution in [2.45, 2.75) is 70.1 Å². The molecule has 1 spiro atoms. The van der Waals surface area contributed by atoms with Crippen molar-refractivity contribution in [1.82, 2.24) is 20.0 Å². The Morgan fingerprint density at radius 1 is 1.36 bits per heavy atom. The SMILES string of the molecule is CCCn1cc(C2NC3(CCCC3)C(=O)N2CC2CC2)cn1. The van der Waals surface area contributed by atoms with Crippen LogP contribution in [0.4, 0.5) is 0 Å². The summed E-state index contributed by atoms with van der Waals surface area (Å²) in [7, 11) is 0. The molecule has 1 amide bonds. The fraction of sp³-hybridized carbons (Fsp3) is 0.765. The quantitative estimate of drug-likeness (QED) is 0.909. The van der Waals surface area contributed by atoms with Gasteiger partial charge in [-0.1, -0.05) is 19.8 Å². The second kappa shape index (κ2) is 5.37. The van der Waals surface area contributed by atoms with Crippen LogP contribution in [0.5, 0.6) is 0 Å². The molecule has 1 atom stereocenters. The smallest absolute Gasteiger partial charge is 0.244 e. The van der Waals surface area contributed by atoms with Gasteiger partial charge < -0.3 is 4.90 Å². The van der Waals surface area contributed by atoms with Crippen LogP contribution in [0, 0.1) is 5.92 Å². The van der Waals surface area contributed by atoms with E-state index in [0.717, 1.165) is 56.7 Å². The molecular weight excluding hydrogens is 276 g/mol. The van der Waals surface area contributed by atoms with E-state index in [1.54, 1.807) is 0 Å². The van der Waals surface area contributed by atoms with Gasteiger partial charge in [0.2, 0.25) is 5.91 Å². The first kappa shape index (κ1) is 14.2. The molecule has 0 bridgehead atoms. The maximum atomic E-state index is 13.0. The topological polar surface area (TPSA) is 50.2 Å². The lowest BCUT2D eigenvalue weighted by atomic mass is 9.98. The van der Waals surface area contributed by atoms with E-state index < -0.39 is 0 Å². The van der Waals surface area contributed by atoms with E-state index in [-0.39, 0.29) is 11.7 Å². The average Bonchev–Trinajstić information content (AvgIpc) is 2.93. The molecule has 2 aliphatic carbocycles. The summed E-state index contributed by atoms with van der Waals surface area (Å²) in [5, 5.41) is 8.15. The maximum absolute atomic E-state index is 13.0. The van der Waals surface area contributed by atoms with Gasteiger partial charge in [0.15, 0.2) is 0 Å². The van der Waals surface area contributed by atoms with Gasteiger partial charge in [0.25, 0.3) is 0 Å². The van der Waals surface area contributed by atoms with Crippen LogP contribution >= 0.6 is 0 Å². The zero-order chi connectivity index (χ0) is 15.2. The molecule has 1 saturated heterocycles. The van der Waals surface area contributed by atoms with Gasteiger partial charge in [0, 0.05) is 24.8 Å². The number of amides is 1. The Labute approximate surface area is 132 Å². The predicted molar refractivity (Wildman–Crippen MR) is 84.0 cm³/mol. The van der Waals surface area contributed by atoms with Crippen LogP contribution in [0.2, 0.25) is 0 Å². The number of carbonyl (C=O) groups excluding carboxylic acids is 1. The molecule has 0 aromatic carbocycles. The van der Waals surface area contributed by atoms with Crippen LogP contribution in [0.25, 0.3) is 0 Å². The van der Waals surface area contributed by atoms with Gasteiger partial charge in [-0.15, -0.1) is 0 Å². The molecule has 1 unspecified atom stereocenters.